The van der Waals surface area contributed by atoms with Gasteiger partial charge in [-0.15, -0.1) is 11.8 Å². The van der Waals surface area contributed by atoms with Crippen molar-refractivity contribution in [3.63, 3.8) is 0 Å². The highest BCUT2D eigenvalue weighted by molar-refractivity contribution is 8.00. The lowest BCUT2D eigenvalue weighted by atomic mass is 10.2. The highest BCUT2D eigenvalue weighted by Crippen LogP contribution is 2.28. The number of amides is 1. The molecule has 4 heteroatoms. The minimum Gasteiger partial charge on any atom is -0.339 e. The molecule has 2 saturated carbocycles. The molecule has 2 fully saturated rings. The van der Waals surface area contributed by atoms with E-state index in [1.165, 1.54) is 36.1 Å². The molecule has 0 heterocycles. The Labute approximate surface area is 131 Å². The Morgan fingerprint density at radius 3 is 2.52 bits per heavy atom. The zero-order valence-electron chi connectivity index (χ0n) is 12.7. The Kier molecular flexibility index (Phi) is 4.86. The number of thioether (sulfide) groups is 1. The summed E-state index contributed by atoms with van der Waals surface area (Å²) in [5.41, 5.74) is 1.32. The predicted molar refractivity (Wildman–Crippen MR) is 87.4 cm³/mol. The number of benzene rings is 1. The summed E-state index contributed by atoms with van der Waals surface area (Å²) in [5, 5.41) is 3.52. The molecule has 0 spiro atoms. The van der Waals surface area contributed by atoms with E-state index in [4.69, 9.17) is 0 Å². The van der Waals surface area contributed by atoms with E-state index in [0.29, 0.717) is 11.8 Å². The first-order chi connectivity index (χ1) is 10.3. The van der Waals surface area contributed by atoms with Gasteiger partial charge in [0.25, 0.3) is 0 Å². The third kappa shape index (κ3) is 4.48. The Hall–Kier alpha value is -1.00. The van der Waals surface area contributed by atoms with Gasteiger partial charge in [-0.25, -0.2) is 0 Å². The van der Waals surface area contributed by atoms with Crippen molar-refractivity contribution >= 4 is 17.7 Å². The second-order valence-corrected chi connectivity index (χ2v) is 7.05. The van der Waals surface area contributed by atoms with Crippen molar-refractivity contribution in [3.05, 3.63) is 29.8 Å². The molecular weight excluding hydrogens is 280 g/mol. The number of rotatable bonds is 8. The van der Waals surface area contributed by atoms with Crippen molar-refractivity contribution in [2.24, 2.45) is 0 Å². The van der Waals surface area contributed by atoms with Gasteiger partial charge in [-0.05, 0) is 50.3 Å². The van der Waals surface area contributed by atoms with Gasteiger partial charge < -0.3 is 10.2 Å². The van der Waals surface area contributed by atoms with Crippen molar-refractivity contribution in [1.29, 1.82) is 0 Å². The van der Waals surface area contributed by atoms with E-state index in [1.54, 1.807) is 11.8 Å². The van der Waals surface area contributed by atoms with E-state index >= 15 is 0 Å². The first-order valence-electron chi connectivity index (χ1n) is 8.01. The zero-order valence-corrected chi connectivity index (χ0v) is 13.5. The summed E-state index contributed by atoms with van der Waals surface area (Å²) in [6.45, 7) is 3.87. The summed E-state index contributed by atoms with van der Waals surface area (Å²) < 4.78 is 0. The van der Waals surface area contributed by atoms with E-state index in [9.17, 15) is 4.79 Å². The molecule has 0 unspecified atom stereocenters. The Bertz CT molecular complexity index is 480. The van der Waals surface area contributed by atoms with Gasteiger partial charge in [-0.2, -0.15) is 0 Å². The number of carbonyl (C=O) groups is 1. The number of hydrogen-bond donors (Lipinski definition) is 1. The van der Waals surface area contributed by atoms with Gasteiger partial charge in [0, 0.05) is 30.1 Å². The first-order valence-corrected chi connectivity index (χ1v) is 8.99. The van der Waals surface area contributed by atoms with Crippen LogP contribution in [0.25, 0.3) is 0 Å². The van der Waals surface area contributed by atoms with Gasteiger partial charge in [-0.1, -0.05) is 12.1 Å². The molecule has 3 rings (SSSR count). The highest BCUT2D eigenvalue weighted by Gasteiger charge is 2.30. The van der Waals surface area contributed by atoms with Crippen LogP contribution in [-0.2, 0) is 11.3 Å². The molecule has 21 heavy (non-hydrogen) atoms. The van der Waals surface area contributed by atoms with Gasteiger partial charge in [0.2, 0.25) is 5.91 Å². The van der Waals surface area contributed by atoms with Crippen LogP contribution in [0.1, 0.15) is 38.2 Å². The second-order valence-electron chi connectivity index (χ2n) is 6.00. The Morgan fingerprint density at radius 2 is 1.95 bits per heavy atom. The van der Waals surface area contributed by atoms with Crippen LogP contribution >= 0.6 is 11.8 Å². The lowest BCUT2D eigenvalue weighted by molar-refractivity contribution is -0.128. The fourth-order valence-electron chi connectivity index (χ4n) is 2.51. The molecule has 0 atom stereocenters. The van der Waals surface area contributed by atoms with E-state index in [-0.39, 0.29) is 5.91 Å². The van der Waals surface area contributed by atoms with Crippen LogP contribution in [0, 0.1) is 0 Å². The second kappa shape index (κ2) is 6.84. The SMILES string of the molecule is CCN(C(=O)CSc1ccc(CNC2CC2)cc1)C1CC1. The Balaban J connectivity index is 1.44. The summed E-state index contributed by atoms with van der Waals surface area (Å²) in [6, 6.07) is 9.88. The molecular formula is C17H24N2OS. The van der Waals surface area contributed by atoms with Crippen LogP contribution in [-0.4, -0.2) is 35.2 Å². The summed E-state index contributed by atoms with van der Waals surface area (Å²) in [7, 11) is 0. The van der Waals surface area contributed by atoms with E-state index in [2.05, 4.69) is 36.5 Å². The third-order valence-electron chi connectivity index (χ3n) is 4.11. The maximum absolute atomic E-state index is 12.2. The summed E-state index contributed by atoms with van der Waals surface area (Å²) in [6.07, 6.45) is 5.02. The summed E-state index contributed by atoms with van der Waals surface area (Å²) in [5.74, 6) is 0.841. The smallest absolute Gasteiger partial charge is 0.233 e. The van der Waals surface area contributed by atoms with Crippen LogP contribution in [0.3, 0.4) is 0 Å². The number of hydrogen-bond acceptors (Lipinski definition) is 3. The molecule has 1 amide bonds. The molecule has 1 N–H and O–H groups in total. The standard InChI is InChI=1S/C17H24N2OS/c1-2-19(15-7-8-15)17(20)12-21-16-9-3-13(4-10-16)11-18-14-5-6-14/h3-4,9-10,14-15,18H,2,5-8,11-12H2,1H3. The quantitative estimate of drug-likeness (QED) is 0.749. The van der Waals surface area contributed by atoms with E-state index in [0.717, 1.165) is 19.1 Å². The van der Waals surface area contributed by atoms with Gasteiger partial charge >= 0.3 is 0 Å². The van der Waals surface area contributed by atoms with Crippen molar-refractivity contribution in [1.82, 2.24) is 10.2 Å². The molecule has 114 valence electrons. The molecule has 0 radical (unpaired) electrons. The van der Waals surface area contributed by atoms with Crippen molar-refractivity contribution < 1.29 is 4.79 Å². The maximum Gasteiger partial charge on any atom is 0.233 e. The minimum absolute atomic E-state index is 0.282. The molecule has 0 saturated heterocycles. The van der Waals surface area contributed by atoms with Crippen LogP contribution in [0.4, 0.5) is 0 Å². The molecule has 1 aromatic carbocycles. The fraction of sp³-hybridized carbons (Fsp3) is 0.588. The van der Waals surface area contributed by atoms with Crippen LogP contribution in [0.15, 0.2) is 29.2 Å². The highest BCUT2D eigenvalue weighted by atomic mass is 32.2. The number of nitrogens with one attached hydrogen (secondary N) is 1. The van der Waals surface area contributed by atoms with E-state index < -0.39 is 0 Å². The first kappa shape index (κ1) is 14.9. The number of carbonyl (C=O) groups excluding carboxylic acids is 1. The summed E-state index contributed by atoms with van der Waals surface area (Å²) >= 11 is 1.65. The van der Waals surface area contributed by atoms with Crippen LogP contribution in [0.2, 0.25) is 0 Å². The molecule has 2 aliphatic rings. The van der Waals surface area contributed by atoms with Gasteiger partial charge in [0.15, 0.2) is 0 Å². The van der Waals surface area contributed by atoms with Crippen LogP contribution in [0.5, 0.6) is 0 Å². The average Bonchev–Trinajstić information content (AvgIpc) is 3.38. The Morgan fingerprint density at radius 1 is 1.24 bits per heavy atom. The largest absolute Gasteiger partial charge is 0.339 e. The predicted octanol–water partition coefficient (Wildman–Crippen LogP) is 3.04. The monoisotopic (exact) mass is 304 g/mol. The molecule has 2 aliphatic carbocycles. The molecule has 0 bridgehead atoms. The van der Waals surface area contributed by atoms with Crippen molar-refractivity contribution in [2.75, 3.05) is 12.3 Å². The molecule has 0 aromatic heterocycles. The van der Waals surface area contributed by atoms with Crippen LogP contribution < -0.4 is 5.32 Å². The summed E-state index contributed by atoms with van der Waals surface area (Å²) in [4.78, 5) is 15.4. The molecule has 3 nitrogen and oxygen atoms in total. The van der Waals surface area contributed by atoms with Gasteiger partial charge in [-0.3, -0.25) is 4.79 Å². The van der Waals surface area contributed by atoms with Crippen molar-refractivity contribution in [3.8, 4) is 0 Å². The number of nitrogens with zero attached hydrogens (tertiary/aromatic N) is 1. The van der Waals surface area contributed by atoms with Gasteiger partial charge in [0.05, 0.1) is 5.75 Å². The third-order valence-corrected chi connectivity index (χ3v) is 5.10. The zero-order chi connectivity index (χ0) is 14.7. The lowest BCUT2D eigenvalue weighted by Gasteiger charge is -2.20. The van der Waals surface area contributed by atoms with E-state index in [1.807, 2.05) is 4.90 Å². The maximum atomic E-state index is 12.2. The minimum atomic E-state index is 0.282. The van der Waals surface area contributed by atoms with Gasteiger partial charge in [0.1, 0.15) is 0 Å². The topological polar surface area (TPSA) is 32.3 Å². The molecule has 1 aromatic rings. The average molecular weight is 304 g/mol. The van der Waals surface area contributed by atoms with Crippen molar-refractivity contribution in [2.45, 2.75) is 56.1 Å². The fourth-order valence-corrected chi connectivity index (χ4v) is 3.29. The normalized spacial score (nSPS) is 17.8. The molecule has 0 aliphatic heterocycles. The lowest BCUT2D eigenvalue weighted by Crippen LogP contribution is -2.34.